The van der Waals surface area contributed by atoms with Crippen molar-refractivity contribution in [2.75, 3.05) is 43.9 Å². The van der Waals surface area contributed by atoms with Crippen LogP contribution in [0.3, 0.4) is 0 Å². The number of likely N-dealkylation sites (N-methyl/N-ethyl adjacent to an activating group) is 1. The summed E-state index contributed by atoms with van der Waals surface area (Å²) >= 11 is 0. The number of fused-ring (bicyclic) bond motifs is 1. The minimum absolute atomic E-state index is 0.522. The molecule has 2 aromatic rings. The van der Waals surface area contributed by atoms with Gasteiger partial charge in [0.05, 0.1) is 6.20 Å². The maximum absolute atomic E-state index is 5.84. The maximum atomic E-state index is 5.84. The highest BCUT2D eigenvalue weighted by atomic mass is 15.2. The number of nitrogens with two attached hydrogens (primary N) is 1. The number of anilines is 2. The molecule has 0 aromatic carbocycles. The van der Waals surface area contributed by atoms with Crippen molar-refractivity contribution in [3.8, 4) is 0 Å². The zero-order valence-corrected chi connectivity index (χ0v) is 11.3. The summed E-state index contributed by atoms with van der Waals surface area (Å²) in [6.07, 6.45) is 8.11. The van der Waals surface area contributed by atoms with Gasteiger partial charge in [0.1, 0.15) is 5.82 Å². The summed E-state index contributed by atoms with van der Waals surface area (Å²) in [4.78, 5) is 13.4. The Balaban J connectivity index is 1.76. The van der Waals surface area contributed by atoms with Crippen LogP contribution in [0, 0.1) is 0 Å². The lowest BCUT2D eigenvalue weighted by atomic mass is 10.4. The number of aromatic nitrogens is 3. The van der Waals surface area contributed by atoms with Crippen molar-refractivity contribution in [3.63, 3.8) is 0 Å². The third-order valence-corrected chi connectivity index (χ3v) is 3.69. The second-order valence-electron chi connectivity index (χ2n) is 5.12. The fraction of sp³-hybridized carbons (Fsp3) is 0.538. The van der Waals surface area contributed by atoms with Crippen molar-refractivity contribution >= 4 is 17.3 Å². The first-order valence-corrected chi connectivity index (χ1v) is 6.77. The molecule has 102 valence electrons. The number of nitrogens with zero attached hydrogens (tertiary/aromatic N) is 5. The van der Waals surface area contributed by atoms with Crippen molar-refractivity contribution in [1.82, 2.24) is 19.3 Å². The molecule has 3 rings (SSSR count). The molecular weight excluding hydrogens is 240 g/mol. The van der Waals surface area contributed by atoms with Crippen LogP contribution in [0.2, 0.25) is 0 Å². The predicted molar refractivity (Wildman–Crippen MR) is 76.3 cm³/mol. The quantitative estimate of drug-likeness (QED) is 0.882. The molecular formula is C13H20N6. The number of hydrogen-bond acceptors (Lipinski definition) is 5. The molecule has 0 spiro atoms. The van der Waals surface area contributed by atoms with E-state index >= 15 is 0 Å². The Morgan fingerprint density at radius 1 is 1.37 bits per heavy atom. The largest absolute Gasteiger partial charge is 0.382 e. The predicted octanol–water partition coefficient (Wildman–Crippen LogP) is 0.843. The third kappa shape index (κ3) is 2.49. The topological polar surface area (TPSA) is 62.7 Å². The summed E-state index contributed by atoms with van der Waals surface area (Å²) in [6.45, 7) is 4.45. The Kier molecular flexibility index (Phi) is 3.25. The molecule has 0 amide bonds. The average Bonchev–Trinajstić information content (AvgIpc) is 3.05. The number of rotatable bonds is 4. The molecule has 6 heteroatoms. The van der Waals surface area contributed by atoms with Crippen molar-refractivity contribution in [2.24, 2.45) is 0 Å². The van der Waals surface area contributed by atoms with E-state index in [0.717, 1.165) is 24.6 Å². The molecule has 0 bridgehead atoms. The van der Waals surface area contributed by atoms with E-state index < -0.39 is 0 Å². The van der Waals surface area contributed by atoms with E-state index in [9.17, 15) is 0 Å². The van der Waals surface area contributed by atoms with E-state index in [1.165, 1.54) is 25.9 Å². The van der Waals surface area contributed by atoms with Gasteiger partial charge in [0.25, 0.3) is 0 Å². The molecule has 1 fully saturated rings. The van der Waals surface area contributed by atoms with E-state index in [1.54, 1.807) is 12.4 Å². The van der Waals surface area contributed by atoms with Gasteiger partial charge in [-0.1, -0.05) is 0 Å². The van der Waals surface area contributed by atoms with Gasteiger partial charge in [0, 0.05) is 32.5 Å². The second kappa shape index (κ2) is 5.05. The monoisotopic (exact) mass is 260 g/mol. The van der Waals surface area contributed by atoms with E-state index in [0.29, 0.717) is 5.82 Å². The molecule has 1 aliphatic heterocycles. The summed E-state index contributed by atoms with van der Waals surface area (Å²) < 4.78 is 1.92. The molecule has 2 aromatic heterocycles. The minimum Gasteiger partial charge on any atom is -0.382 e. The first-order valence-electron chi connectivity index (χ1n) is 6.77. The van der Waals surface area contributed by atoms with Crippen LogP contribution < -0.4 is 10.6 Å². The van der Waals surface area contributed by atoms with Crippen LogP contribution in [0.5, 0.6) is 0 Å². The lowest BCUT2D eigenvalue weighted by Crippen LogP contribution is -2.32. The van der Waals surface area contributed by atoms with Crippen LogP contribution in [0.4, 0.5) is 11.6 Å². The molecule has 0 atom stereocenters. The number of nitrogen functional groups attached to an aromatic ring is 1. The van der Waals surface area contributed by atoms with Crippen molar-refractivity contribution in [1.29, 1.82) is 0 Å². The van der Waals surface area contributed by atoms with Gasteiger partial charge < -0.3 is 19.9 Å². The van der Waals surface area contributed by atoms with Crippen LogP contribution >= 0.6 is 0 Å². The van der Waals surface area contributed by atoms with Gasteiger partial charge in [-0.15, -0.1) is 0 Å². The number of imidazole rings is 1. The van der Waals surface area contributed by atoms with Gasteiger partial charge in [-0.3, -0.25) is 0 Å². The van der Waals surface area contributed by atoms with Crippen LogP contribution in [0.25, 0.3) is 5.65 Å². The maximum Gasteiger partial charge on any atom is 0.180 e. The average molecular weight is 260 g/mol. The highest BCUT2D eigenvalue weighted by molar-refractivity contribution is 5.65. The summed E-state index contributed by atoms with van der Waals surface area (Å²) in [7, 11) is 2.05. The smallest absolute Gasteiger partial charge is 0.180 e. The number of hydrogen-bond donors (Lipinski definition) is 1. The molecule has 6 nitrogen and oxygen atoms in total. The Bertz CT molecular complexity index is 557. The summed E-state index contributed by atoms with van der Waals surface area (Å²) in [5.74, 6) is 1.37. The zero-order valence-electron chi connectivity index (χ0n) is 11.3. The minimum atomic E-state index is 0.522. The number of likely N-dealkylation sites (tertiary alicyclic amines) is 1. The molecule has 0 radical (unpaired) electrons. The van der Waals surface area contributed by atoms with Gasteiger partial charge >= 0.3 is 0 Å². The molecule has 0 aliphatic carbocycles. The third-order valence-electron chi connectivity index (χ3n) is 3.69. The van der Waals surface area contributed by atoms with Crippen molar-refractivity contribution in [2.45, 2.75) is 12.8 Å². The van der Waals surface area contributed by atoms with E-state index in [2.05, 4.69) is 19.8 Å². The van der Waals surface area contributed by atoms with Gasteiger partial charge in [-0.25, -0.2) is 9.97 Å². The highest BCUT2D eigenvalue weighted by Gasteiger charge is 2.14. The molecule has 0 saturated carbocycles. The van der Waals surface area contributed by atoms with E-state index in [4.69, 9.17) is 5.73 Å². The zero-order chi connectivity index (χ0) is 13.2. The molecule has 19 heavy (non-hydrogen) atoms. The first-order chi connectivity index (χ1) is 9.24. The standard InChI is InChI=1S/C13H20N6/c1-17(8-9-18-5-2-3-6-18)13-12-15-4-7-19(12)10-11(14)16-13/h4,7,10H,2-3,5-6,8-9,14H2,1H3. The molecule has 0 unspecified atom stereocenters. The fourth-order valence-electron chi connectivity index (χ4n) is 2.59. The SMILES string of the molecule is CN(CCN1CCCC1)c1nc(N)cn2ccnc12. The van der Waals surface area contributed by atoms with Gasteiger partial charge in [0.2, 0.25) is 0 Å². The van der Waals surface area contributed by atoms with Gasteiger partial charge in [-0.05, 0) is 25.9 Å². The molecule has 1 saturated heterocycles. The Morgan fingerprint density at radius 2 is 2.16 bits per heavy atom. The first kappa shape index (κ1) is 12.2. The Hall–Kier alpha value is -1.82. The van der Waals surface area contributed by atoms with Crippen molar-refractivity contribution in [3.05, 3.63) is 18.6 Å². The van der Waals surface area contributed by atoms with Crippen molar-refractivity contribution < 1.29 is 0 Å². The summed E-state index contributed by atoms with van der Waals surface area (Å²) in [5, 5.41) is 0. The van der Waals surface area contributed by atoms with Gasteiger partial charge in [0.15, 0.2) is 11.5 Å². The lowest BCUT2D eigenvalue weighted by Gasteiger charge is -2.22. The lowest BCUT2D eigenvalue weighted by molar-refractivity contribution is 0.346. The normalized spacial score (nSPS) is 16.3. The highest BCUT2D eigenvalue weighted by Crippen LogP contribution is 2.18. The van der Waals surface area contributed by atoms with Crippen LogP contribution in [-0.2, 0) is 0 Å². The Morgan fingerprint density at radius 3 is 2.95 bits per heavy atom. The van der Waals surface area contributed by atoms with Crippen LogP contribution in [0.15, 0.2) is 18.6 Å². The van der Waals surface area contributed by atoms with Gasteiger partial charge in [-0.2, -0.15) is 0 Å². The molecule has 2 N–H and O–H groups in total. The molecule has 3 heterocycles. The fourth-order valence-corrected chi connectivity index (χ4v) is 2.59. The summed E-state index contributed by atoms with van der Waals surface area (Å²) in [5.41, 5.74) is 6.70. The Labute approximate surface area is 112 Å². The van der Waals surface area contributed by atoms with E-state index in [-0.39, 0.29) is 0 Å². The van der Waals surface area contributed by atoms with Crippen LogP contribution in [0.1, 0.15) is 12.8 Å². The molecule has 1 aliphatic rings. The summed E-state index contributed by atoms with van der Waals surface area (Å²) in [6, 6.07) is 0. The van der Waals surface area contributed by atoms with Crippen LogP contribution in [-0.4, -0.2) is 52.5 Å². The second-order valence-corrected chi connectivity index (χ2v) is 5.12. The van der Waals surface area contributed by atoms with E-state index in [1.807, 2.05) is 17.6 Å².